The second kappa shape index (κ2) is 3.89. The van der Waals surface area contributed by atoms with E-state index in [2.05, 4.69) is 0 Å². The van der Waals surface area contributed by atoms with Crippen molar-refractivity contribution in [1.29, 1.82) is 5.26 Å². The number of aryl methyl sites for hydroxylation is 1. The average molecular weight is 161 g/mol. The van der Waals surface area contributed by atoms with E-state index in [0.717, 1.165) is 5.56 Å². The number of aliphatic hydroxyl groups is 1. The van der Waals surface area contributed by atoms with Crippen LogP contribution in [0.1, 0.15) is 11.1 Å². The van der Waals surface area contributed by atoms with Crippen molar-refractivity contribution in [3.8, 4) is 6.07 Å². The number of hydrogen-bond acceptors (Lipinski definition) is 2. The van der Waals surface area contributed by atoms with E-state index in [0.29, 0.717) is 6.42 Å². The van der Waals surface area contributed by atoms with E-state index in [1.165, 1.54) is 5.56 Å². The number of hydrogen-bond donors (Lipinski definition) is 1. The predicted molar refractivity (Wildman–Crippen MR) is 46.5 cm³/mol. The molecule has 0 spiro atoms. The van der Waals surface area contributed by atoms with Crippen molar-refractivity contribution in [2.75, 3.05) is 0 Å². The summed E-state index contributed by atoms with van der Waals surface area (Å²) in [7, 11) is 0. The van der Waals surface area contributed by atoms with Gasteiger partial charge in [0, 0.05) is 6.42 Å². The Bertz CT molecular complexity index is 284. The van der Waals surface area contributed by atoms with E-state index >= 15 is 0 Å². The van der Waals surface area contributed by atoms with Crippen LogP contribution in [0.25, 0.3) is 0 Å². The smallest absolute Gasteiger partial charge is 0.144 e. The molecule has 1 unspecified atom stereocenters. The van der Waals surface area contributed by atoms with Crippen LogP contribution in [-0.4, -0.2) is 11.2 Å². The Morgan fingerprint density at radius 3 is 2.50 bits per heavy atom. The standard InChI is InChI=1S/C10H11NO/c1-8-2-4-9(5-3-8)6-10(12)7-11/h2-5,10,12H,6H2,1H3. The highest BCUT2D eigenvalue weighted by Crippen LogP contribution is 2.05. The summed E-state index contributed by atoms with van der Waals surface area (Å²) in [6, 6.07) is 9.58. The van der Waals surface area contributed by atoms with Crippen molar-refractivity contribution in [3.05, 3.63) is 35.4 Å². The monoisotopic (exact) mass is 161 g/mol. The fourth-order valence-corrected chi connectivity index (χ4v) is 0.993. The van der Waals surface area contributed by atoms with Gasteiger partial charge in [-0.2, -0.15) is 5.26 Å². The SMILES string of the molecule is Cc1ccc(CC(O)C#N)cc1. The quantitative estimate of drug-likeness (QED) is 0.667. The van der Waals surface area contributed by atoms with E-state index < -0.39 is 6.10 Å². The zero-order valence-corrected chi connectivity index (χ0v) is 6.99. The molecule has 2 heteroatoms. The van der Waals surface area contributed by atoms with Crippen LogP contribution in [0, 0.1) is 18.3 Å². The molecule has 1 aromatic rings. The first-order valence-electron chi connectivity index (χ1n) is 3.85. The molecular weight excluding hydrogens is 150 g/mol. The van der Waals surface area contributed by atoms with Gasteiger partial charge in [0.25, 0.3) is 0 Å². The van der Waals surface area contributed by atoms with E-state index in [4.69, 9.17) is 10.4 Å². The highest BCUT2D eigenvalue weighted by molar-refractivity contribution is 5.22. The summed E-state index contributed by atoms with van der Waals surface area (Å²) in [5.74, 6) is 0. The minimum absolute atomic E-state index is 0.413. The molecule has 2 nitrogen and oxygen atoms in total. The summed E-state index contributed by atoms with van der Waals surface area (Å²) in [6.45, 7) is 2.00. The molecule has 0 radical (unpaired) electrons. The zero-order chi connectivity index (χ0) is 8.97. The van der Waals surface area contributed by atoms with Crippen LogP contribution in [0.15, 0.2) is 24.3 Å². The third kappa shape index (κ3) is 2.37. The Morgan fingerprint density at radius 1 is 1.42 bits per heavy atom. The summed E-state index contributed by atoms with van der Waals surface area (Å²) in [5.41, 5.74) is 2.18. The van der Waals surface area contributed by atoms with Gasteiger partial charge in [0.1, 0.15) is 6.10 Å². The van der Waals surface area contributed by atoms with Crippen LogP contribution >= 0.6 is 0 Å². The largest absolute Gasteiger partial charge is 0.378 e. The number of benzene rings is 1. The van der Waals surface area contributed by atoms with Gasteiger partial charge in [0.15, 0.2) is 0 Å². The van der Waals surface area contributed by atoms with Crippen LogP contribution in [0.2, 0.25) is 0 Å². The van der Waals surface area contributed by atoms with Gasteiger partial charge in [-0.3, -0.25) is 0 Å². The molecular formula is C10H11NO. The molecule has 0 aromatic heterocycles. The molecule has 1 rings (SSSR count). The predicted octanol–water partition coefficient (Wildman–Crippen LogP) is 1.42. The van der Waals surface area contributed by atoms with E-state index in [-0.39, 0.29) is 0 Å². The molecule has 0 saturated carbocycles. The lowest BCUT2D eigenvalue weighted by Gasteiger charge is -2.01. The number of nitriles is 1. The van der Waals surface area contributed by atoms with Gasteiger partial charge in [0.2, 0.25) is 0 Å². The van der Waals surface area contributed by atoms with Gasteiger partial charge < -0.3 is 5.11 Å². The maximum absolute atomic E-state index is 9.02. The van der Waals surface area contributed by atoms with Crippen LogP contribution in [0.4, 0.5) is 0 Å². The van der Waals surface area contributed by atoms with Gasteiger partial charge in [-0.05, 0) is 12.5 Å². The zero-order valence-electron chi connectivity index (χ0n) is 6.99. The van der Waals surface area contributed by atoms with Crippen LogP contribution in [-0.2, 0) is 6.42 Å². The first-order valence-corrected chi connectivity index (χ1v) is 3.85. The number of nitrogens with zero attached hydrogens (tertiary/aromatic N) is 1. The third-order valence-corrected chi connectivity index (χ3v) is 1.70. The number of aliphatic hydroxyl groups excluding tert-OH is 1. The van der Waals surface area contributed by atoms with Crippen LogP contribution in [0.3, 0.4) is 0 Å². The second-order valence-electron chi connectivity index (χ2n) is 2.83. The van der Waals surface area contributed by atoms with E-state index in [1.54, 1.807) is 6.07 Å². The molecule has 0 aliphatic heterocycles. The Balaban J connectivity index is 2.66. The first-order chi connectivity index (χ1) is 5.72. The van der Waals surface area contributed by atoms with Gasteiger partial charge in [-0.15, -0.1) is 0 Å². The molecule has 62 valence electrons. The highest BCUT2D eigenvalue weighted by Gasteiger charge is 2.01. The van der Waals surface area contributed by atoms with E-state index in [9.17, 15) is 0 Å². The van der Waals surface area contributed by atoms with Crippen molar-refractivity contribution >= 4 is 0 Å². The summed E-state index contributed by atoms with van der Waals surface area (Å²) >= 11 is 0. The Morgan fingerprint density at radius 2 is 2.00 bits per heavy atom. The molecule has 0 heterocycles. The van der Waals surface area contributed by atoms with Crippen molar-refractivity contribution in [2.24, 2.45) is 0 Å². The van der Waals surface area contributed by atoms with Crippen LogP contribution in [0.5, 0.6) is 0 Å². The lowest BCUT2D eigenvalue weighted by atomic mass is 10.1. The summed E-state index contributed by atoms with van der Waals surface area (Å²) in [6.07, 6.45) is -0.468. The van der Waals surface area contributed by atoms with Gasteiger partial charge in [0.05, 0.1) is 6.07 Å². The number of rotatable bonds is 2. The average Bonchev–Trinajstić information content (AvgIpc) is 2.09. The Kier molecular flexibility index (Phi) is 2.84. The summed E-state index contributed by atoms with van der Waals surface area (Å²) < 4.78 is 0. The lowest BCUT2D eigenvalue weighted by Crippen LogP contribution is -2.06. The first kappa shape index (κ1) is 8.76. The van der Waals surface area contributed by atoms with Gasteiger partial charge in [-0.25, -0.2) is 0 Å². The molecule has 0 amide bonds. The lowest BCUT2D eigenvalue weighted by molar-refractivity contribution is 0.231. The minimum Gasteiger partial charge on any atom is -0.378 e. The topological polar surface area (TPSA) is 44.0 Å². The van der Waals surface area contributed by atoms with Crippen molar-refractivity contribution in [3.63, 3.8) is 0 Å². The maximum Gasteiger partial charge on any atom is 0.144 e. The maximum atomic E-state index is 9.02. The second-order valence-corrected chi connectivity index (χ2v) is 2.83. The fourth-order valence-electron chi connectivity index (χ4n) is 0.993. The Hall–Kier alpha value is -1.33. The molecule has 1 N–H and O–H groups in total. The summed E-state index contributed by atoms with van der Waals surface area (Å²) in [5, 5.41) is 17.4. The molecule has 1 aromatic carbocycles. The molecule has 1 atom stereocenters. The molecule has 0 aliphatic rings. The van der Waals surface area contributed by atoms with Crippen molar-refractivity contribution in [1.82, 2.24) is 0 Å². The molecule has 0 aliphatic carbocycles. The van der Waals surface area contributed by atoms with Gasteiger partial charge in [-0.1, -0.05) is 29.8 Å². The third-order valence-electron chi connectivity index (χ3n) is 1.70. The Labute approximate surface area is 72.1 Å². The van der Waals surface area contributed by atoms with Crippen molar-refractivity contribution < 1.29 is 5.11 Å². The molecule has 0 saturated heterocycles. The molecule has 0 bridgehead atoms. The fraction of sp³-hybridized carbons (Fsp3) is 0.300. The van der Waals surface area contributed by atoms with Crippen LogP contribution < -0.4 is 0 Å². The molecule has 0 fully saturated rings. The van der Waals surface area contributed by atoms with Gasteiger partial charge >= 0.3 is 0 Å². The minimum atomic E-state index is -0.882. The molecule has 12 heavy (non-hydrogen) atoms. The van der Waals surface area contributed by atoms with E-state index in [1.807, 2.05) is 31.2 Å². The van der Waals surface area contributed by atoms with Crippen molar-refractivity contribution in [2.45, 2.75) is 19.4 Å². The summed E-state index contributed by atoms with van der Waals surface area (Å²) in [4.78, 5) is 0. The highest BCUT2D eigenvalue weighted by atomic mass is 16.3. The normalized spacial score (nSPS) is 12.1.